The van der Waals surface area contributed by atoms with E-state index in [9.17, 15) is 4.79 Å². The fourth-order valence-corrected chi connectivity index (χ4v) is 5.83. The number of ether oxygens (including phenoxy) is 1. The van der Waals surface area contributed by atoms with Crippen LogP contribution >= 0.6 is 31.9 Å². The van der Waals surface area contributed by atoms with E-state index in [2.05, 4.69) is 66.7 Å². The molecule has 0 spiro atoms. The van der Waals surface area contributed by atoms with Crippen LogP contribution in [0.5, 0.6) is 5.75 Å². The van der Waals surface area contributed by atoms with Crippen molar-refractivity contribution in [2.24, 2.45) is 5.10 Å². The minimum Gasteiger partial charge on any atom is -0.487 e. The van der Waals surface area contributed by atoms with Crippen molar-refractivity contribution in [1.82, 2.24) is 5.43 Å². The number of hydrogen-bond donors (Lipinski definition) is 1. The maximum absolute atomic E-state index is 13.2. The fraction of sp³-hybridized carbons (Fsp3) is 0.0625. The van der Waals surface area contributed by atoms with Crippen molar-refractivity contribution in [3.8, 4) is 5.75 Å². The lowest BCUT2D eigenvalue weighted by atomic mass is 9.91. The molecule has 0 aliphatic heterocycles. The summed E-state index contributed by atoms with van der Waals surface area (Å²) in [4.78, 5) is 13.2. The molecule has 1 amide bonds. The smallest absolute Gasteiger partial charge is 0.252 e. The highest BCUT2D eigenvalue weighted by Gasteiger charge is 2.22. The quantitative estimate of drug-likeness (QED) is 0.139. The lowest BCUT2D eigenvalue weighted by Gasteiger charge is -2.16. The summed E-state index contributed by atoms with van der Waals surface area (Å²) in [6, 6.07) is 37.7. The number of fused-ring (bicyclic) bond motifs is 1. The van der Waals surface area contributed by atoms with E-state index >= 15 is 0 Å². The molecule has 0 saturated heterocycles. The van der Waals surface area contributed by atoms with Crippen LogP contribution in [0.15, 0.2) is 129 Å². The second-order valence-electron chi connectivity index (χ2n) is 8.73. The standard InChI is InChI=1S/C32H24Br2N2O2/c33-28-18-22(19-29(34)31(28)38-21-26-16-9-15-23-10-7-8-17-27(23)26)20-35-36-32(37)30(24-11-3-1-4-12-24)25-13-5-2-6-14-25/h1-20,30H,21H2,(H,36,37)/b35-20+. The predicted octanol–water partition coefficient (Wildman–Crippen LogP) is 8.23. The Morgan fingerprint density at radius 3 is 2.03 bits per heavy atom. The van der Waals surface area contributed by atoms with Gasteiger partial charge in [-0.2, -0.15) is 5.10 Å². The van der Waals surface area contributed by atoms with Crippen molar-refractivity contribution in [3.05, 3.63) is 146 Å². The van der Waals surface area contributed by atoms with Gasteiger partial charge in [-0.05, 0) is 77.0 Å². The molecule has 0 unspecified atom stereocenters. The number of nitrogens with one attached hydrogen (secondary N) is 1. The Kier molecular flexibility index (Phi) is 8.31. The van der Waals surface area contributed by atoms with Gasteiger partial charge < -0.3 is 4.74 Å². The van der Waals surface area contributed by atoms with Crippen molar-refractivity contribution in [2.75, 3.05) is 0 Å². The molecule has 6 heteroatoms. The zero-order valence-electron chi connectivity index (χ0n) is 20.4. The van der Waals surface area contributed by atoms with Crippen LogP contribution in [0.1, 0.15) is 28.2 Å². The number of carbonyl (C=O) groups excluding carboxylic acids is 1. The molecule has 0 aromatic heterocycles. The van der Waals surface area contributed by atoms with Crippen LogP contribution in [0.3, 0.4) is 0 Å². The number of hydrazone groups is 1. The molecule has 0 bridgehead atoms. The van der Waals surface area contributed by atoms with E-state index in [4.69, 9.17) is 4.74 Å². The summed E-state index contributed by atoms with van der Waals surface area (Å²) < 4.78 is 7.75. The van der Waals surface area contributed by atoms with Crippen LogP contribution in [0.4, 0.5) is 0 Å². The molecule has 0 aliphatic carbocycles. The van der Waals surface area contributed by atoms with Crippen molar-refractivity contribution in [2.45, 2.75) is 12.5 Å². The normalized spacial score (nSPS) is 11.2. The molecular weight excluding hydrogens is 604 g/mol. The molecule has 0 atom stereocenters. The lowest BCUT2D eigenvalue weighted by molar-refractivity contribution is -0.121. The molecule has 1 N–H and O–H groups in total. The third-order valence-corrected chi connectivity index (χ3v) is 7.37. The maximum atomic E-state index is 13.2. The molecular formula is C32H24Br2N2O2. The summed E-state index contributed by atoms with van der Waals surface area (Å²) in [5.41, 5.74) is 6.44. The van der Waals surface area contributed by atoms with Crippen LogP contribution in [0.25, 0.3) is 10.8 Å². The van der Waals surface area contributed by atoms with Gasteiger partial charge in [-0.1, -0.05) is 103 Å². The first kappa shape index (κ1) is 25.9. The van der Waals surface area contributed by atoms with Crippen molar-refractivity contribution in [1.29, 1.82) is 0 Å². The molecule has 38 heavy (non-hydrogen) atoms. The number of nitrogens with zero attached hydrogens (tertiary/aromatic N) is 1. The van der Waals surface area contributed by atoms with Gasteiger partial charge in [-0.25, -0.2) is 5.43 Å². The van der Waals surface area contributed by atoms with Gasteiger partial charge >= 0.3 is 0 Å². The van der Waals surface area contributed by atoms with Gasteiger partial charge in [-0.3, -0.25) is 4.79 Å². The summed E-state index contributed by atoms with van der Waals surface area (Å²) in [5.74, 6) is 0.0389. The second-order valence-corrected chi connectivity index (χ2v) is 10.4. The number of carbonyl (C=O) groups is 1. The number of hydrogen-bond acceptors (Lipinski definition) is 3. The van der Waals surface area contributed by atoms with Crippen LogP contribution < -0.4 is 10.2 Å². The minimum absolute atomic E-state index is 0.202. The Bertz CT molecular complexity index is 1520. The van der Waals surface area contributed by atoms with Gasteiger partial charge in [-0.15, -0.1) is 0 Å². The zero-order valence-corrected chi connectivity index (χ0v) is 23.5. The number of rotatable bonds is 8. The highest BCUT2D eigenvalue weighted by atomic mass is 79.9. The van der Waals surface area contributed by atoms with E-state index in [0.29, 0.717) is 12.4 Å². The van der Waals surface area contributed by atoms with E-state index in [0.717, 1.165) is 31.2 Å². The van der Waals surface area contributed by atoms with E-state index in [1.807, 2.05) is 91.0 Å². The van der Waals surface area contributed by atoms with Crippen molar-refractivity contribution >= 4 is 54.8 Å². The van der Waals surface area contributed by atoms with E-state index in [-0.39, 0.29) is 5.91 Å². The van der Waals surface area contributed by atoms with Gasteiger partial charge in [0.2, 0.25) is 0 Å². The zero-order chi connectivity index (χ0) is 26.3. The highest BCUT2D eigenvalue weighted by molar-refractivity contribution is 9.11. The van der Waals surface area contributed by atoms with Crippen LogP contribution in [-0.4, -0.2) is 12.1 Å². The molecule has 5 rings (SSSR count). The molecule has 0 fully saturated rings. The topological polar surface area (TPSA) is 50.7 Å². The van der Waals surface area contributed by atoms with Crippen LogP contribution in [0, 0.1) is 0 Å². The van der Waals surface area contributed by atoms with Gasteiger partial charge in [0.25, 0.3) is 5.91 Å². The summed E-state index contributed by atoms with van der Waals surface area (Å²) in [5, 5.41) is 6.60. The van der Waals surface area contributed by atoms with Crippen molar-refractivity contribution < 1.29 is 9.53 Å². The third kappa shape index (κ3) is 6.04. The maximum Gasteiger partial charge on any atom is 0.252 e. The highest BCUT2D eigenvalue weighted by Crippen LogP contribution is 2.35. The lowest BCUT2D eigenvalue weighted by Crippen LogP contribution is -2.26. The van der Waals surface area contributed by atoms with Gasteiger partial charge in [0.05, 0.1) is 21.1 Å². The molecule has 188 valence electrons. The van der Waals surface area contributed by atoms with Crippen molar-refractivity contribution in [3.63, 3.8) is 0 Å². The summed E-state index contributed by atoms with van der Waals surface area (Å²) in [6.07, 6.45) is 1.62. The Labute approximate surface area is 238 Å². The molecule has 0 aliphatic rings. The number of halogens is 2. The average molecular weight is 628 g/mol. The molecule has 4 nitrogen and oxygen atoms in total. The Hall–Kier alpha value is -3.74. The third-order valence-electron chi connectivity index (χ3n) is 6.19. The summed E-state index contributed by atoms with van der Waals surface area (Å²) >= 11 is 7.25. The summed E-state index contributed by atoms with van der Waals surface area (Å²) in [6.45, 7) is 0.433. The van der Waals surface area contributed by atoms with E-state index in [1.165, 1.54) is 10.8 Å². The first-order valence-corrected chi connectivity index (χ1v) is 13.7. The fourth-order valence-electron chi connectivity index (χ4n) is 4.38. The monoisotopic (exact) mass is 626 g/mol. The molecule has 0 radical (unpaired) electrons. The first-order chi connectivity index (χ1) is 18.6. The minimum atomic E-state index is -0.460. The number of amides is 1. The molecule has 0 heterocycles. The summed E-state index contributed by atoms with van der Waals surface area (Å²) in [7, 11) is 0. The number of benzene rings is 5. The first-order valence-electron chi connectivity index (χ1n) is 12.1. The molecule has 5 aromatic rings. The molecule has 5 aromatic carbocycles. The Balaban J connectivity index is 1.29. The predicted molar refractivity (Wildman–Crippen MR) is 161 cm³/mol. The molecule has 0 saturated carbocycles. The van der Waals surface area contributed by atoms with Gasteiger partial charge in [0.15, 0.2) is 0 Å². The SMILES string of the molecule is O=C(N/N=C/c1cc(Br)c(OCc2cccc3ccccc23)c(Br)c1)C(c1ccccc1)c1ccccc1. The Morgan fingerprint density at radius 2 is 1.37 bits per heavy atom. The van der Waals surface area contributed by atoms with Gasteiger partial charge in [0.1, 0.15) is 12.4 Å². The van der Waals surface area contributed by atoms with Crippen LogP contribution in [0.2, 0.25) is 0 Å². The van der Waals surface area contributed by atoms with E-state index in [1.54, 1.807) is 6.21 Å². The van der Waals surface area contributed by atoms with E-state index < -0.39 is 5.92 Å². The van der Waals surface area contributed by atoms with Crippen LogP contribution in [-0.2, 0) is 11.4 Å². The Morgan fingerprint density at radius 1 is 0.789 bits per heavy atom. The van der Waals surface area contributed by atoms with Gasteiger partial charge in [0, 0.05) is 0 Å². The second kappa shape index (κ2) is 12.2. The largest absolute Gasteiger partial charge is 0.487 e. The average Bonchev–Trinajstić information content (AvgIpc) is 2.94.